The van der Waals surface area contributed by atoms with Crippen molar-refractivity contribution in [3.05, 3.63) is 42.0 Å². The van der Waals surface area contributed by atoms with Crippen molar-refractivity contribution < 1.29 is 24.5 Å². The number of hydrogen-bond acceptors (Lipinski definition) is 6. The quantitative estimate of drug-likeness (QED) is 0.689. The van der Waals surface area contributed by atoms with Crippen LogP contribution in [0.15, 0.2) is 36.4 Å². The van der Waals surface area contributed by atoms with Crippen LogP contribution in [0.25, 0.3) is 10.8 Å². The Morgan fingerprint density at radius 1 is 1.10 bits per heavy atom. The number of benzene rings is 2. The fourth-order valence-electron chi connectivity index (χ4n) is 3.39. The minimum absolute atomic E-state index is 0.177. The van der Waals surface area contributed by atoms with E-state index >= 15 is 0 Å². The lowest BCUT2D eigenvalue weighted by atomic mass is 10.1. The van der Waals surface area contributed by atoms with E-state index in [9.17, 15) is 15.0 Å². The van der Waals surface area contributed by atoms with Gasteiger partial charge in [-0.25, -0.2) is 4.79 Å². The number of nitrogens with zero attached hydrogens (tertiary/aromatic N) is 2. The summed E-state index contributed by atoms with van der Waals surface area (Å²) in [4.78, 5) is 15.7. The number of piperazine rings is 1. The van der Waals surface area contributed by atoms with Crippen molar-refractivity contribution in [1.29, 1.82) is 0 Å². The summed E-state index contributed by atoms with van der Waals surface area (Å²) < 4.78 is 11.4. The zero-order valence-electron chi connectivity index (χ0n) is 17.3. The van der Waals surface area contributed by atoms with E-state index in [-0.39, 0.29) is 5.56 Å². The van der Waals surface area contributed by atoms with E-state index in [0.29, 0.717) is 32.0 Å². The number of aromatic carboxylic acids is 1. The summed E-state index contributed by atoms with van der Waals surface area (Å²) >= 11 is 0. The third-order valence-corrected chi connectivity index (χ3v) is 4.92. The molecule has 1 aliphatic rings. The highest BCUT2D eigenvalue weighted by molar-refractivity contribution is 5.97. The van der Waals surface area contributed by atoms with Gasteiger partial charge < -0.3 is 19.7 Å². The molecule has 7 nitrogen and oxygen atoms in total. The van der Waals surface area contributed by atoms with E-state index in [1.165, 1.54) is 0 Å². The summed E-state index contributed by atoms with van der Waals surface area (Å²) in [6.45, 7) is 9.83. The van der Waals surface area contributed by atoms with Crippen LogP contribution >= 0.6 is 0 Å². The molecule has 2 aromatic rings. The van der Waals surface area contributed by atoms with Gasteiger partial charge in [0, 0.05) is 32.7 Å². The van der Waals surface area contributed by atoms with Crippen LogP contribution < -0.4 is 4.74 Å². The molecule has 0 aliphatic carbocycles. The molecule has 29 heavy (non-hydrogen) atoms. The lowest BCUT2D eigenvalue weighted by Gasteiger charge is -2.38. The Morgan fingerprint density at radius 3 is 2.31 bits per heavy atom. The molecule has 3 rings (SSSR count). The minimum atomic E-state index is -0.993. The van der Waals surface area contributed by atoms with Crippen LogP contribution in [-0.4, -0.2) is 77.3 Å². The summed E-state index contributed by atoms with van der Waals surface area (Å²) in [5, 5.41) is 21.5. The number of carbonyl (C=O) groups is 1. The van der Waals surface area contributed by atoms with E-state index in [0.717, 1.165) is 23.9 Å². The zero-order chi connectivity index (χ0) is 21.0. The van der Waals surface area contributed by atoms with E-state index in [4.69, 9.17) is 9.47 Å². The SMILES string of the molecule is CC(C)(C)OC(O)N1CCN(CCOc2cc3ccccc3cc2C(=O)O)CC1. The van der Waals surface area contributed by atoms with Gasteiger partial charge in [0.1, 0.15) is 17.9 Å². The van der Waals surface area contributed by atoms with Gasteiger partial charge in [-0.2, -0.15) is 0 Å². The van der Waals surface area contributed by atoms with Crippen LogP contribution in [0.1, 0.15) is 31.1 Å². The topological polar surface area (TPSA) is 82.5 Å². The fraction of sp³-hybridized carbons (Fsp3) is 0.500. The Balaban J connectivity index is 1.52. The van der Waals surface area contributed by atoms with Crippen LogP contribution in [0.3, 0.4) is 0 Å². The minimum Gasteiger partial charge on any atom is -0.491 e. The Kier molecular flexibility index (Phi) is 6.74. The Morgan fingerprint density at radius 2 is 1.72 bits per heavy atom. The van der Waals surface area contributed by atoms with Gasteiger partial charge in [0.15, 0.2) is 0 Å². The molecule has 1 aliphatic heterocycles. The Labute approximate surface area is 171 Å². The summed E-state index contributed by atoms with van der Waals surface area (Å²) in [5.74, 6) is -0.601. The first-order valence-corrected chi connectivity index (χ1v) is 9.94. The maximum atomic E-state index is 11.6. The third-order valence-electron chi connectivity index (χ3n) is 4.92. The maximum absolute atomic E-state index is 11.6. The van der Waals surface area contributed by atoms with Crippen LogP contribution in [-0.2, 0) is 4.74 Å². The number of hydrogen-bond donors (Lipinski definition) is 2. The maximum Gasteiger partial charge on any atom is 0.339 e. The molecular formula is C22H30N2O5. The molecule has 158 valence electrons. The van der Waals surface area contributed by atoms with Gasteiger partial charge in [-0.1, -0.05) is 24.3 Å². The molecular weight excluding hydrogens is 372 g/mol. The van der Waals surface area contributed by atoms with Crippen molar-refractivity contribution in [3.63, 3.8) is 0 Å². The van der Waals surface area contributed by atoms with Crippen LogP contribution in [0.4, 0.5) is 0 Å². The van der Waals surface area contributed by atoms with Crippen molar-refractivity contribution in [2.75, 3.05) is 39.3 Å². The molecule has 0 radical (unpaired) electrons. The van der Waals surface area contributed by atoms with Crippen LogP contribution in [0.2, 0.25) is 0 Å². The molecule has 1 fully saturated rings. The molecule has 1 heterocycles. The van der Waals surface area contributed by atoms with Gasteiger partial charge in [-0.15, -0.1) is 0 Å². The van der Waals surface area contributed by atoms with Crippen LogP contribution in [0, 0.1) is 0 Å². The lowest BCUT2D eigenvalue weighted by molar-refractivity contribution is -0.244. The average Bonchev–Trinajstić information content (AvgIpc) is 2.66. The molecule has 0 amide bonds. The lowest BCUT2D eigenvalue weighted by Crippen LogP contribution is -2.53. The zero-order valence-corrected chi connectivity index (χ0v) is 17.3. The Hall–Kier alpha value is -2.19. The number of ether oxygens (including phenoxy) is 2. The van der Waals surface area contributed by atoms with E-state index in [1.54, 1.807) is 12.1 Å². The highest BCUT2D eigenvalue weighted by Gasteiger charge is 2.26. The first-order valence-electron chi connectivity index (χ1n) is 9.94. The van der Waals surface area contributed by atoms with Crippen molar-refractivity contribution in [3.8, 4) is 5.75 Å². The average molecular weight is 402 g/mol. The van der Waals surface area contributed by atoms with Gasteiger partial charge >= 0.3 is 5.97 Å². The normalized spacial score (nSPS) is 17.4. The highest BCUT2D eigenvalue weighted by Crippen LogP contribution is 2.26. The highest BCUT2D eigenvalue weighted by atomic mass is 16.6. The summed E-state index contributed by atoms with van der Waals surface area (Å²) in [6, 6.07) is 11.1. The second-order valence-corrected chi connectivity index (χ2v) is 8.28. The van der Waals surface area contributed by atoms with E-state index in [1.807, 2.05) is 49.9 Å². The monoisotopic (exact) mass is 402 g/mol. The van der Waals surface area contributed by atoms with Crippen molar-refractivity contribution in [2.24, 2.45) is 0 Å². The number of aliphatic hydroxyl groups excluding tert-OH is 1. The second-order valence-electron chi connectivity index (χ2n) is 8.28. The van der Waals surface area contributed by atoms with E-state index < -0.39 is 18.0 Å². The van der Waals surface area contributed by atoms with Crippen LogP contribution in [0.5, 0.6) is 5.75 Å². The first-order chi connectivity index (χ1) is 13.7. The van der Waals surface area contributed by atoms with Gasteiger partial charge in [0.05, 0.1) is 5.60 Å². The number of aliphatic hydroxyl groups is 1. The smallest absolute Gasteiger partial charge is 0.339 e. The molecule has 0 saturated carbocycles. The molecule has 2 N–H and O–H groups in total. The predicted octanol–water partition coefficient (Wildman–Crippen LogP) is 2.63. The molecule has 1 atom stereocenters. The molecule has 1 saturated heterocycles. The van der Waals surface area contributed by atoms with Crippen molar-refractivity contribution in [1.82, 2.24) is 9.80 Å². The van der Waals surface area contributed by atoms with Gasteiger partial charge in [-0.3, -0.25) is 9.80 Å². The number of rotatable bonds is 7. The molecule has 2 aromatic carbocycles. The predicted molar refractivity (Wildman–Crippen MR) is 111 cm³/mol. The molecule has 7 heteroatoms. The van der Waals surface area contributed by atoms with Gasteiger partial charge in [0.2, 0.25) is 6.41 Å². The molecule has 0 spiro atoms. The summed E-state index contributed by atoms with van der Waals surface area (Å²) in [6.07, 6.45) is -0.899. The summed E-state index contributed by atoms with van der Waals surface area (Å²) in [5.41, 5.74) is -0.220. The van der Waals surface area contributed by atoms with Gasteiger partial charge in [-0.05, 0) is 43.7 Å². The van der Waals surface area contributed by atoms with Gasteiger partial charge in [0.25, 0.3) is 0 Å². The molecule has 1 unspecified atom stereocenters. The standard InChI is InChI=1S/C22H30N2O5/c1-22(2,3)29-21(27)24-10-8-23(9-11-24)12-13-28-19-15-17-7-5-4-6-16(17)14-18(19)20(25)26/h4-7,14-15,21,27H,8-13H2,1-3H3,(H,25,26). The number of carboxylic acids is 1. The number of carboxylic acid groups (broad SMARTS) is 1. The third kappa shape index (κ3) is 5.90. The largest absolute Gasteiger partial charge is 0.491 e. The summed E-state index contributed by atoms with van der Waals surface area (Å²) in [7, 11) is 0. The molecule has 0 aromatic heterocycles. The van der Waals surface area contributed by atoms with Crippen molar-refractivity contribution >= 4 is 16.7 Å². The molecule has 0 bridgehead atoms. The first kappa shape index (κ1) is 21.5. The fourth-order valence-corrected chi connectivity index (χ4v) is 3.39. The van der Waals surface area contributed by atoms with E-state index in [2.05, 4.69) is 4.90 Å². The van der Waals surface area contributed by atoms with Crippen molar-refractivity contribution in [2.45, 2.75) is 32.8 Å². The number of fused-ring (bicyclic) bond motifs is 1. The Bertz CT molecular complexity index is 841. The second kappa shape index (κ2) is 9.09.